The highest BCUT2D eigenvalue weighted by Gasteiger charge is 2.25. The van der Waals surface area contributed by atoms with Gasteiger partial charge in [-0.1, -0.05) is 17.3 Å². The van der Waals surface area contributed by atoms with Crippen molar-refractivity contribution in [2.75, 3.05) is 38.0 Å². The molecule has 0 saturated carbocycles. The first kappa shape index (κ1) is 21.5. The van der Waals surface area contributed by atoms with E-state index in [4.69, 9.17) is 4.52 Å². The summed E-state index contributed by atoms with van der Waals surface area (Å²) in [7, 11) is 0. The molecule has 0 atom stereocenters. The Morgan fingerprint density at radius 1 is 1.23 bits per heavy atom. The minimum atomic E-state index is -0.142. The molecule has 0 unspecified atom stereocenters. The summed E-state index contributed by atoms with van der Waals surface area (Å²) in [6.07, 6.45) is 0. The number of nitrogens with zero attached hydrogens (tertiary/aromatic N) is 4. The number of nitrogens with one attached hydrogen (secondary N) is 1. The highest BCUT2D eigenvalue weighted by atomic mass is 32.2. The molecule has 1 aromatic carbocycles. The molecule has 0 spiro atoms. The van der Waals surface area contributed by atoms with Gasteiger partial charge < -0.3 is 14.7 Å². The monoisotopic (exact) mass is 457 g/mol. The van der Waals surface area contributed by atoms with E-state index in [0.29, 0.717) is 37.8 Å². The van der Waals surface area contributed by atoms with Crippen LogP contribution in [0.1, 0.15) is 21.8 Å². The van der Waals surface area contributed by atoms with Gasteiger partial charge in [0, 0.05) is 48.3 Å². The van der Waals surface area contributed by atoms with Gasteiger partial charge in [0.05, 0.1) is 23.3 Å². The van der Waals surface area contributed by atoms with Gasteiger partial charge in [-0.25, -0.2) is 4.98 Å². The predicted octanol–water partition coefficient (Wildman–Crippen LogP) is 3.13. The molecular weight excluding hydrogens is 434 g/mol. The van der Waals surface area contributed by atoms with E-state index in [-0.39, 0.29) is 18.4 Å². The number of rotatable bonds is 7. The van der Waals surface area contributed by atoms with Crippen molar-refractivity contribution in [1.82, 2.24) is 19.9 Å². The lowest BCUT2D eigenvalue weighted by Crippen LogP contribution is -2.50. The van der Waals surface area contributed by atoms with Crippen LogP contribution in [0.5, 0.6) is 0 Å². The average molecular weight is 458 g/mol. The fourth-order valence-electron chi connectivity index (χ4n) is 3.32. The number of aromatic nitrogens is 2. The first-order valence-electron chi connectivity index (χ1n) is 9.92. The molecule has 0 radical (unpaired) electrons. The second kappa shape index (κ2) is 10.1. The minimum Gasteiger partial charge on any atom is -0.360 e. The summed E-state index contributed by atoms with van der Waals surface area (Å²) in [5, 5.41) is 8.53. The Labute approximate surface area is 188 Å². The van der Waals surface area contributed by atoms with E-state index in [1.807, 2.05) is 45.0 Å². The Morgan fingerprint density at radius 3 is 2.74 bits per heavy atom. The van der Waals surface area contributed by atoms with Crippen molar-refractivity contribution in [3.8, 4) is 0 Å². The molecule has 10 heteroatoms. The molecule has 1 aliphatic heterocycles. The summed E-state index contributed by atoms with van der Waals surface area (Å²) in [4.78, 5) is 34.5. The van der Waals surface area contributed by atoms with Gasteiger partial charge in [-0.3, -0.25) is 14.5 Å². The van der Waals surface area contributed by atoms with Crippen molar-refractivity contribution < 1.29 is 14.1 Å². The zero-order valence-corrected chi connectivity index (χ0v) is 18.7. The Balaban J connectivity index is 1.29. The number of benzene rings is 1. The van der Waals surface area contributed by atoms with Crippen LogP contribution >= 0.6 is 23.1 Å². The Morgan fingerprint density at radius 2 is 2.03 bits per heavy atom. The van der Waals surface area contributed by atoms with Crippen LogP contribution in [0.25, 0.3) is 0 Å². The van der Waals surface area contributed by atoms with E-state index in [1.54, 1.807) is 36.1 Å². The molecule has 31 heavy (non-hydrogen) atoms. The standard InChI is InChI=1S/C21H23N5O3S2/c1-15-10-19(24-29-15)23-20(27)11-25-6-8-26(9-7-25)21(28)17-4-2-3-5-18(17)31-13-16-12-30-14-22-16/h2-5,10,12,14H,6-9,11,13H2,1H3,(H,23,24,27). The summed E-state index contributed by atoms with van der Waals surface area (Å²) in [6.45, 7) is 4.49. The van der Waals surface area contributed by atoms with Gasteiger partial charge in [0.2, 0.25) is 5.91 Å². The summed E-state index contributed by atoms with van der Waals surface area (Å²) in [5.74, 6) is 1.69. The predicted molar refractivity (Wildman–Crippen MR) is 120 cm³/mol. The third-order valence-electron chi connectivity index (χ3n) is 4.90. The summed E-state index contributed by atoms with van der Waals surface area (Å²) in [5.41, 5.74) is 3.56. The van der Waals surface area contributed by atoms with Gasteiger partial charge in [-0.15, -0.1) is 23.1 Å². The smallest absolute Gasteiger partial charge is 0.255 e. The van der Waals surface area contributed by atoms with Gasteiger partial charge >= 0.3 is 0 Å². The molecule has 3 heterocycles. The lowest BCUT2D eigenvalue weighted by molar-refractivity contribution is -0.117. The molecule has 1 N–H and O–H groups in total. The van der Waals surface area contributed by atoms with Crippen molar-refractivity contribution in [3.05, 3.63) is 58.2 Å². The van der Waals surface area contributed by atoms with Crippen LogP contribution in [0.2, 0.25) is 0 Å². The number of aryl methyl sites for hydroxylation is 1. The molecule has 0 bridgehead atoms. The topological polar surface area (TPSA) is 91.6 Å². The minimum absolute atomic E-state index is 0.0311. The second-order valence-electron chi connectivity index (χ2n) is 7.20. The van der Waals surface area contributed by atoms with Crippen LogP contribution in [0.15, 0.2) is 50.6 Å². The number of piperazine rings is 1. The molecule has 4 rings (SSSR count). The van der Waals surface area contributed by atoms with Gasteiger partial charge in [-0.05, 0) is 19.1 Å². The largest absolute Gasteiger partial charge is 0.360 e. The third kappa shape index (κ3) is 5.72. The SMILES string of the molecule is Cc1cc(NC(=O)CN2CCN(C(=O)c3ccccc3SCc3cscn3)CC2)no1. The van der Waals surface area contributed by atoms with Gasteiger partial charge in [0.25, 0.3) is 5.91 Å². The van der Waals surface area contributed by atoms with Crippen LogP contribution in [0.4, 0.5) is 5.82 Å². The maximum absolute atomic E-state index is 13.1. The summed E-state index contributed by atoms with van der Waals surface area (Å²) < 4.78 is 4.96. The molecule has 1 fully saturated rings. The fourth-order valence-corrected chi connectivity index (χ4v) is 4.93. The van der Waals surface area contributed by atoms with E-state index in [2.05, 4.69) is 15.5 Å². The van der Waals surface area contributed by atoms with Gasteiger partial charge in [0.1, 0.15) is 5.76 Å². The number of anilines is 1. The zero-order chi connectivity index (χ0) is 21.6. The molecule has 1 saturated heterocycles. The quantitative estimate of drug-likeness (QED) is 0.545. The fraction of sp³-hybridized carbons (Fsp3) is 0.333. The van der Waals surface area contributed by atoms with Crippen molar-refractivity contribution in [2.24, 2.45) is 0 Å². The number of hydrogen-bond donors (Lipinski definition) is 1. The number of thiazole rings is 1. The maximum Gasteiger partial charge on any atom is 0.255 e. The highest BCUT2D eigenvalue weighted by Crippen LogP contribution is 2.27. The van der Waals surface area contributed by atoms with Crippen molar-refractivity contribution >= 4 is 40.7 Å². The molecule has 1 aliphatic rings. The lowest BCUT2D eigenvalue weighted by atomic mass is 10.2. The van der Waals surface area contributed by atoms with E-state index in [1.165, 1.54) is 0 Å². The molecule has 8 nitrogen and oxygen atoms in total. The molecule has 3 aromatic rings. The van der Waals surface area contributed by atoms with Crippen LogP contribution in [-0.4, -0.2) is 64.5 Å². The summed E-state index contributed by atoms with van der Waals surface area (Å²) >= 11 is 3.20. The maximum atomic E-state index is 13.1. The second-order valence-corrected chi connectivity index (χ2v) is 8.94. The van der Waals surface area contributed by atoms with Crippen molar-refractivity contribution in [3.63, 3.8) is 0 Å². The lowest BCUT2D eigenvalue weighted by Gasteiger charge is -2.34. The number of carbonyl (C=O) groups is 2. The Bertz CT molecular complexity index is 1030. The first-order chi connectivity index (χ1) is 15.1. The molecule has 0 aliphatic carbocycles. The molecular formula is C21H23N5O3S2. The van der Waals surface area contributed by atoms with Crippen molar-refractivity contribution in [1.29, 1.82) is 0 Å². The van der Waals surface area contributed by atoms with E-state index >= 15 is 0 Å². The molecule has 162 valence electrons. The van der Waals surface area contributed by atoms with Crippen molar-refractivity contribution in [2.45, 2.75) is 17.6 Å². The normalized spacial score (nSPS) is 14.5. The number of amides is 2. The highest BCUT2D eigenvalue weighted by molar-refractivity contribution is 7.98. The summed E-state index contributed by atoms with van der Waals surface area (Å²) in [6, 6.07) is 9.39. The van der Waals surface area contributed by atoms with E-state index in [9.17, 15) is 9.59 Å². The molecule has 2 aromatic heterocycles. The number of carbonyl (C=O) groups excluding carboxylic acids is 2. The van der Waals surface area contributed by atoms with Gasteiger partial charge in [-0.2, -0.15) is 0 Å². The average Bonchev–Trinajstić information content (AvgIpc) is 3.44. The van der Waals surface area contributed by atoms with Crippen LogP contribution in [0.3, 0.4) is 0 Å². The third-order valence-corrected chi connectivity index (χ3v) is 6.64. The zero-order valence-electron chi connectivity index (χ0n) is 17.1. The first-order valence-corrected chi connectivity index (χ1v) is 11.8. The molecule has 2 amide bonds. The van der Waals surface area contributed by atoms with E-state index in [0.717, 1.165) is 21.9 Å². The Hall–Kier alpha value is -2.69. The van der Waals surface area contributed by atoms with E-state index < -0.39 is 0 Å². The Kier molecular flexibility index (Phi) is 7.00. The van der Waals surface area contributed by atoms with Crippen LogP contribution in [0, 0.1) is 6.92 Å². The van der Waals surface area contributed by atoms with Crippen LogP contribution < -0.4 is 5.32 Å². The number of thioether (sulfide) groups is 1. The van der Waals surface area contributed by atoms with Crippen LogP contribution in [-0.2, 0) is 10.5 Å². The van der Waals surface area contributed by atoms with Gasteiger partial charge in [0.15, 0.2) is 5.82 Å². The number of hydrogen-bond acceptors (Lipinski definition) is 8.